The zero-order chi connectivity index (χ0) is 18.8. The monoisotopic (exact) mass is 368 g/mol. The second kappa shape index (κ2) is 11.5. The number of carbonyl (C=O) groups is 1. The summed E-state index contributed by atoms with van der Waals surface area (Å²) in [6.07, 6.45) is 15.6. The molecule has 0 aromatic heterocycles. The molecular weight excluding hydrogens is 336 g/mol. The maximum Gasteiger partial charge on any atom is 0.303 e. The Hall–Kier alpha value is -1.21. The van der Waals surface area contributed by atoms with Crippen molar-refractivity contribution in [3.8, 4) is 0 Å². The van der Waals surface area contributed by atoms with Crippen molar-refractivity contribution in [2.24, 2.45) is 11.8 Å². The van der Waals surface area contributed by atoms with Gasteiger partial charge < -0.3 is 5.11 Å². The van der Waals surface area contributed by atoms with Crippen molar-refractivity contribution in [3.05, 3.63) is 24.3 Å². The van der Waals surface area contributed by atoms with E-state index in [1.807, 2.05) is 18.2 Å². The lowest BCUT2D eigenvalue weighted by molar-refractivity contribution is -0.337. The van der Waals surface area contributed by atoms with Gasteiger partial charge in [-0.1, -0.05) is 44.1 Å². The molecule has 1 aliphatic carbocycles. The largest absolute Gasteiger partial charge is 0.481 e. The van der Waals surface area contributed by atoms with Crippen molar-refractivity contribution in [2.75, 3.05) is 0 Å². The Morgan fingerprint density at radius 1 is 1.23 bits per heavy atom. The topological polar surface area (TPSA) is 85.2 Å². The zero-order valence-corrected chi connectivity index (χ0v) is 15.6. The van der Waals surface area contributed by atoms with Gasteiger partial charge in [-0.25, -0.2) is 14.7 Å². The lowest BCUT2D eigenvalue weighted by Gasteiger charge is -2.28. The number of rotatable bonds is 13. The summed E-state index contributed by atoms with van der Waals surface area (Å²) in [5, 5.41) is 18.0. The van der Waals surface area contributed by atoms with Gasteiger partial charge in [0.1, 0.15) is 12.2 Å². The fourth-order valence-electron chi connectivity index (χ4n) is 3.84. The van der Waals surface area contributed by atoms with Gasteiger partial charge in [-0.05, 0) is 38.0 Å². The summed E-state index contributed by atoms with van der Waals surface area (Å²) in [7, 11) is 0. The Labute approximate surface area is 155 Å². The Bertz CT molecular complexity index is 475. The molecule has 1 saturated heterocycles. The summed E-state index contributed by atoms with van der Waals surface area (Å²) in [5.74, 6) is -0.334. The molecule has 0 radical (unpaired) electrons. The average molecular weight is 368 g/mol. The van der Waals surface area contributed by atoms with E-state index in [0.29, 0.717) is 12.8 Å². The molecule has 2 fully saturated rings. The van der Waals surface area contributed by atoms with Crippen LogP contribution in [0.3, 0.4) is 0 Å². The van der Waals surface area contributed by atoms with Crippen LogP contribution in [0.5, 0.6) is 0 Å². The number of hydrogen-bond donors (Lipinski definition) is 2. The van der Waals surface area contributed by atoms with Gasteiger partial charge in [0.2, 0.25) is 0 Å². The minimum Gasteiger partial charge on any atom is -0.481 e. The Morgan fingerprint density at radius 2 is 2.04 bits per heavy atom. The molecule has 2 N–H and O–H groups in total. The molecule has 0 amide bonds. The van der Waals surface area contributed by atoms with Crippen molar-refractivity contribution in [1.29, 1.82) is 0 Å². The van der Waals surface area contributed by atoms with E-state index in [9.17, 15) is 4.79 Å². The van der Waals surface area contributed by atoms with Crippen molar-refractivity contribution >= 4 is 5.97 Å². The maximum absolute atomic E-state index is 10.7. The van der Waals surface area contributed by atoms with Gasteiger partial charge in [0.15, 0.2) is 0 Å². The molecule has 148 valence electrons. The highest BCUT2D eigenvalue weighted by Crippen LogP contribution is 2.45. The number of aliphatic carboxylic acids is 1. The highest BCUT2D eigenvalue weighted by Gasteiger charge is 2.49. The van der Waals surface area contributed by atoms with Crippen LogP contribution in [0.4, 0.5) is 0 Å². The van der Waals surface area contributed by atoms with Crippen molar-refractivity contribution < 1.29 is 29.8 Å². The first-order chi connectivity index (χ1) is 12.7. The standard InChI is InChI=1S/C20H32O6/c1-2-3-4-5-6-7-9-15(24-23)12-13-17-16(10-8-11-20(21)22)18-14-19(17)26-25-18/h6-7,12-13,15-19,23H,2-5,8-11,14H2,1H3,(H,21,22)/b7-6-,13-12+/t15-,16+,17+,18?,19?/m0/s1. The summed E-state index contributed by atoms with van der Waals surface area (Å²) in [4.78, 5) is 26.0. The average Bonchev–Trinajstić information content (AvgIpc) is 3.22. The van der Waals surface area contributed by atoms with Gasteiger partial charge in [0, 0.05) is 18.8 Å². The first-order valence-corrected chi connectivity index (χ1v) is 9.83. The predicted molar refractivity (Wildman–Crippen MR) is 97.4 cm³/mol. The van der Waals surface area contributed by atoms with Crippen LogP contribution in [-0.2, 0) is 19.5 Å². The van der Waals surface area contributed by atoms with Crippen molar-refractivity contribution in [2.45, 2.75) is 83.0 Å². The van der Waals surface area contributed by atoms with Crippen LogP contribution in [-0.4, -0.2) is 34.6 Å². The maximum atomic E-state index is 10.7. The molecule has 0 aromatic carbocycles. The third kappa shape index (κ3) is 6.50. The summed E-state index contributed by atoms with van der Waals surface area (Å²) in [5.41, 5.74) is 0. The highest BCUT2D eigenvalue weighted by molar-refractivity contribution is 5.66. The second-order valence-corrected chi connectivity index (χ2v) is 7.26. The molecule has 6 heteroatoms. The summed E-state index contributed by atoms with van der Waals surface area (Å²) >= 11 is 0. The minimum atomic E-state index is -0.767. The molecule has 0 aromatic rings. The van der Waals surface area contributed by atoms with Gasteiger partial charge in [-0.3, -0.25) is 10.1 Å². The van der Waals surface area contributed by atoms with Crippen LogP contribution in [0.25, 0.3) is 0 Å². The van der Waals surface area contributed by atoms with Gasteiger partial charge in [-0.2, -0.15) is 0 Å². The van der Waals surface area contributed by atoms with E-state index in [1.165, 1.54) is 19.3 Å². The molecule has 6 nitrogen and oxygen atoms in total. The molecule has 2 bridgehead atoms. The number of carboxylic acids is 1. The summed E-state index contributed by atoms with van der Waals surface area (Å²) < 4.78 is 0. The fourth-order valence-corrected chi connectivity index (χ4v) is 3.84. The Balaban J connectivity index is 1.81. The molecule has 2 aliphatic rings. The second-order valence-electron chi connectivity index (χ2n) is 7.26. The van der Waals surface area contributed by atoms with Gasteiger partial charge in [-0.15, -0.1) is 0 Å². The fraction of sp³-hybridized carbons (Fsp3) is 0.750. The van der Waals surface area contributed by atoms with E-state index in [-0.39, 0.29) is 36.6 Å². The molecule has 1 heterocycles. The molecule has 0 spiro atoms. The van der Waals surface area contributed by atoms with Crippen LogP contribution >= 0.6 is 0 Å². The lowest BCUT2D eigenvalue weighted by Crippen LogP contribution is -2.29. The van der Waals surface area contributed by atoms with E-state index in [0.717, 1.165) is 19.3 Å². The molecule has 26 heavy (non-hydrogen) atoms. The van der Waals surface area contributed by atoms with E-state index in [2.05, 4.69) is 17.9 Å². The third-order valence-corrected chi connectivity index (χ3v) is 5.29. The SMILES string of the molecule is CCCCC/C=C\C[C@@H](/C=C/[C@H]1C2CC(OO2)[C@@H]1CCCC(=O)O)OO. The van der Waals surface area contributed by atoms with Crippen LogP contribution < -0.4 is 0 Å². The van der Waals surface area contributed by atoms with Crippen LogP contribution in [0.2, 0.25) is 0 Å². The first kappa shape index (κ1) is 21.1. The summed E-state index contributed by atoms with van der Waals surface area (Å²) in [6.45, 7) is 2.18. The van der Waals surface area contributed by atoms with E-state index < -0.39 is 5.97 Å². The number of unbranched alkanes of at least 4 members (excludes halogenated alkanes) is 3. The minimum absolute atomic E-state index is 0.00927. The molecular formula is C20H32O6. The van der Waals surface area contributed by atoms with Crippen LogP contribution in [0.15, 0.2) is 24.3 Å². The normalized spacial score (nSPS) is 29.2. The quantitative estimate of drug-likeness (QED) is 0.215. The number of allylic oxidation sites excluding steroid dienone is 1. The number of carboxylic acid groups (broad SMARTS) is 1. The van der Waals surface area contributed by atoms with Crippen LogP contribution in [0, 0.1) is 11.8 Å². The van der Waals surface area contributed by atoms with Crippen molar-refractivity contribution in [3.63, 3.8) is 0 Å². The molecule has 5 atom stereocenters. The van der Waals surface area contributed by atoms with E-state index >= 15 is 0 Å². The first-order valence-electron chi connectivity index (χ1n) is 9.83. The van der Waals surface area contributed by atoms with Gasteiger partial charge in [0.05, 0.1) is 6.10 Å². The molecule has 1 aliphatic heterocycles. The smallest absolute Gasteiger partial charge is 0.303 e. The van der Waals surface area contributed by atoms with Gasteiger partial charge in [0.25, 0.3) is 0 Å². The highest BCUT2D eigenvalue weighted by atomic mass is 17.2. The van der Waals surface area contributed by atoms with Crippen molar-refractivity contribution in [1.82, 2.24) is 0 Å². The lowest BCUT2D eigenvalue weighted by atomic mass is 9.88. The molecule has 2 rings (SSSR count). The number of fused-ring (bicyclic) bond motifs is 2. The summed E-state index contributed by atoms with van der Waals surface area (Å²) in [6, 6.07) is 0. The molecule has 1 saturated carbocycles. The Morgan fingerprint density at radius 3 is 2.77 bits per heavy atom. The predicted octanol–water partition coefficient (Wildman–Crippen LogP) is 4.52. The zero-order valence-electron chi connectivity index (χ0n) is 15.6. The van der Waals surface area contributed by atoms with Crippen LogP contribution in [0.1, 0.15) is 64.7 Å². The van der Waals surface area contributed by atoms with E-state index in [1.54, 1.807) is 0 Å². The van der Waals surface area contributed by atoms with Gasteiger partial charge >= 0.3 is 5.97 Å². The third-order valence-electron chi connectivity index (χ3n) is 5.29. The number of hydrogen-bond acceptors (Lipinski definition) is 5. The van der Waals surface area contributed by atoms with E-state index in [4.69, 9.17) is 20.1 Å². The Kier molecular flexibility index (Phi) is 9.32. The molecule has 2 unspecified atom stereocenters.